The molecule has 32 heavy (non-hydrogen) atoms. The van der Waals surface area contributed by atoms with E-state index in [0.717, 1.165) is 16.4 Å². The van der Waals surface area contributed by atoms with E-state index >= 15 is 0 Å². The molecule has 3 rings (SSSR count). The van der Waals surface area contributed by atoms with Gasteiger partial charge in [-0.25, -0.2) is 0 Å². The van der Waals surface area contributed by atoms with Crippen molar-refractivity contribution in [3.8, 4) is 0 Å². The molecule has 5 nitrogen and oxygen atoms in total. The number of carbonyl (C=O) groups is 1. The molecule has 0 fully saturated rings. The summed E-state index contributed by atoms with van der Waals surface area (Å²) < 4.78 is 80.1. The molecule has 2 aromatic heterocycles. The highest BCUT2D eigenvalue weighted by atomic mass is 19.4. The van der Waals surface area contributed by atoms with Gasteiger partial charge in [-0.05, 0) is 43.2 Å². The van der Waals surface area contributed by atoms with Gasteiger partial charge in [-0.3, -0.25) is 14.5 Å². The van der Waals surface area contributed by atoms with Crippen molar-refractivity contribution >= 4 is 11.6 Å². The standard InChI is InChI=1S/C21H18F6N4O/c1-13(17-7-5-14(20(22,23)24)10-18(17)21(25,26)27)31-12-16(11-29-31)30-19(32)8-6-15-4-2-3-9-28-15/h2-5,7,9-13H,6,8H2,1H3,(H,30,32). The van der Waals surface area contributed by atoms with Crippen molar-refractivity contribution in [1.82, 2.24) is 14.8 Å². The molecule has 0 saturated heterocycles. The van der Waals surface area contributed by atoms with Crippen molar-refractivity contribution in [2.45, 2.75) is 38.2 Å². The highest BCUT2D eigenvalue weighted by Crippen LogP contribution is 2.39. The first-order chi connectivity index (χ1) is 14.9. The van der Waals surface area contributed by atoms with E-state index in [0.29, 0.717) is 12.5 Å². The van der Waals surface area contributed by atoms with Gasteiger partial charge < -0.3 is 5.32 Å². The molecule has 1 aromatic carbocycles. The minimum atomic E-state index is -4.99. The average Bonchev–Trinajstić information content (AvgIpc) is 3.19. The first kappa shape index (κ1) is 23.3. The summed E-state index contributed by atoms with van der Waals surface area (Å²) in [7, 11) is 0. The Labute approximate surface area is 179 Å². The van der Waals surface area contributed by atoms with Gasteiger partial charge in [0.1, 0.15) is 0 Å². The molecule has 0 bridgehead atoms. The maximum atomic E-state index is 13.4. The molecule has 0 aliphatic carbocycles. The van der Waals surface area contributed by atoms with Crippen LogP contribution in [0.4, 0.5) is 32.0 Å². The van der Waals surface area contributed by atoms with Crippen LogP contribution in [0.2, 0.25) is 0 Å². The van der Waals surface area contributed by atoms with Crippen LogP contribution in [0.15, 0.2) is 55.0 Å². The summed E-state index contributed by atoms with van der Waals surface area (Å²) in [5.41, 5.74) is -2.17. The van der Waals surface area contributed by atoms with Crippen LogP contribution in [-0.4, -0.2) is 20.7 Å². The van der Waals surface area contributed by atoms with Crippen LogP contribution in [0, 0.1) is 0 Å². The molecular weight excluding hydrogens is 438 g/mol. The lowest BCUT2D eigenvalue weighted by Crippen LogP contribution is -2.17. The lowest BCUT2D eigenvalue weighted by Gasteiger charge is -2.20. The predicted molar refractivity (Wildman–Crippen MR) is 104 cm³/mol. The molecule has 2 heterocycles. The molecule has 0 aliphatic rings. The first-order valence-electron chi connectivity index (χ1n) is 9.47. The van der Waals surface area contributed by atoms with Gasteiger partial charge in [-0.1, -0.05) is 12.1 Å². The number of anilines is 1. The number of nitrogens with zero attached hydrogens (tertiary/aromatic N) is 3. The van der Waals surface area contributed by atoms with E-state index in [1.807, 2.05) is 0 Å². The third kappa shape index (κ3) is 5.65. The smallest absolute Gasteiger partial charge is 0.323 e. The molecule has 1 N–H and O–H groups in total. The van der Waals surface area contributed by atoms with Crippen LogP contribution in [0.25, 0.3) is 0 Å². The third-order valence-corrected chi connectivity index (χ3v) is 4.75. The second-order valence-electron chi connectivity index (χ2n) is 7.05. The summed E-state index contributed by atoms with van der Waals surface area (Å²) >= 11 is 0. The molecule has 170 valence electrons. The third-order valence-electron chi connectivity index (χ3n) is 4.75. The van der Waals surface area contributed by atoms with E-state index in [2.05, 4.69) is 15.4 Å². The summed E-state index contributed by atoms with van der Waals surface area (Å²) in [4.78, 5) is 16.2. The Morgan fingerprint density at radius 3 is 2.47 bits per heavy atom. The van der Waals surface area contributed by atoms with E-state index < -0.39 is 29.5 Å². The lowest BCUT2D eigenvalue weighted by atomic mass is 9.98. The molecule has 3 aromatic rings. The van der Waals surface area contributed by atoms with Crippen LogP contribution in [-0.2, 0) is 23.6 Å². The Morgan fingerprint density at radius 1 is 1.09 bits per heavy atom. The number of halogens is 6. The summed E-state index contributed by atoms with van der Waals surface area (Å²) in [5, 5.41) is 6.55. The Morgan fingerprint density at radius 2 is 1.84 bits per heavy atom. The van der Waals surface area contributed by atoms with Crippen molar-refractivity contribution in [3.05, 3.63) is 77.4 Å². The number of aryl methyl sites for hydroxylation is 1. The number of hydrogen-bond donors (Lipinski definition) is 1. The normalized spacial score (nSPS) is 13.1. The maximum absolute atomic E-state index is 13.4. The number of alkyl halides is 6. The van der Waals surface area contributed by atoms with Gasteiger partial charge >= 0.3 is 12.4 Å². The van der Waals surface area contributed by atoms with E-state index in [1.165, 1.54) is 19.3 Å². The average molecular weight is 456 g/mol. The fraction of sp³-hybridized carbons (Fsp3) is 0.286. The molecule has 0 saturated carbocycles. The van der Waals surface area contributed by atoms with Gasteiger partial charge in [0, 0.05) is 24.5 Å². The zero-order valence-electron chi connectivity index (χ0n) is 16.7. The maximum Gasteiger partial charge on any atom is 0.416 e. The number of amides is 1. The lowest BCUT2D eigenvalue weighted by molar-refractivity contribution is -0.143. The summed E-state index contributed by atoms with van der Waals surface area (Å²) in [6, 6.07) is 5.77. The van der Waals surface area contributed by atoms with E-state index in [4.69, 9.17) is 0 Å². The number of benzene rings is 1. The molecule has 0 radical (unpaired) electrons. The summed E-state index contributed by atoms with van der Waals surface area (Å²) in [6.45, 7) is 1.37. The second-order valence-corrected chi connectivity index (χ2v) is 7.05. The highest BCUT2D eigenvalue weighted by Gasteiger charge is 2.39. The first-order valence-corrected chi connectivity index (χ1v) is 9.47. The molecule has 0 spiro atoms. The number of carbonyl (C=O) groups excluding carboxylic acids is 1. The number of nitrogens with one attached hydrogen (secondary N) is 1. The number of aromatic nitrogens is 3. The zero-order chi connectivity index (χ0) is 23.5. The quantitative estimate of drug-likeness (QED) is 0.499. The van der Waals surface area contributed by atoms with Crippen LogP contribution in [0.1, 0.15) is 41.8 Å². The zero-order valence-corrected chi connectivity index (χ0v) is 16.7. The summed E-state index contributed by atoms with van der Waals surface area (Å²) in [5.74, 6) is -0.339. The minimum absolute atomic E-state index is 0.0929. The van der Waals surface area contributed by atoms with E-state index in [-0.39, 0.29) is 29.6 Å². The van der Waals surface area contributed by atoms with Crippen LogP contribution in [0.5, 0.6) is 0 Å². The molecule has 1 unspecified atom stereocenters. The topological polar surface area (TPSA) is 59.8 Å². The van der Waals surface area contributed by atoms with Crippen molar-refractivity contribution < 1.29 is 31.1 Å². The number of hydrogen-bond acceptors (Lipinski definition) is 3. The molecule has 0 aliphatic heterocycles. The molecule has 11 heteroatoms. The largest absolute Gasteiger partial charge is 0.416 e. The molecule has 1 amide bonds. The predicted octanol–water partition coefficient (Wildman–Crippen LogP) is 5.50. The van der Waals surface area contributed by atoms with Gasteiger partial charge in [-0.2, -0.15) is 31.4 Å². The van der Waals surface area contributed by atoms with Crippen molar-refractivity contribution in [2.24, 2.45) is 0 Å². The van der Waals surface area contributed by atoms with Gasteiger partial charge in [0.2, 0.25) is 5.91 Å². The van der Waals surface area contributed by atoms with E-state index in [1.54, 1.807) is 24.4 Å². The van der Waals surface area contributed by atoms with Crippen LogP contribution in [0.3, 0.4) is 0 Å². The minimum Gasteiger partial charge on any atom is -0.323 e. The van der Waals surface area contributed by atoms with Gasteiger partial charge in [0.15, 0.2) is 0 Å². The van der Waals surface area contributed by atoms with Crippen molar-refractivity contribution in [3.63, 3.8) is 0 Å². The molecule has 1 atom stereocenters. The van der Waals surface area contributed by atoms with Crippen LogP contribution >= 0.6 is 0 Å². The van der Waals surface area contributed by atoms with E-state index in [9.17, 15) is 31.1 Å². The molecular formula is C21H18F6N4O. The number of rotatable bonds is 6. The van der Waals surface area contributed by atoms with Gasteiger partial charge in [0.25, 0.3) is 0 Å². The highest BCUT2D eigenvalue weighted by molar-refractivity contribution is 5.90. The SMILES string of the molecule is CC(c1ccc(C(F)(F)F)cc1C(F)(F)F)n1cc(NC(=O)CCc2ccccn2)cn1. The Bertz CT molecular complexity index is 1080. The Kier molecular flexibility index (Phi) is 6.56. The number of pyridine rings is 1. The fourth-order valence-electron chi connectivity index (χ4n) is 3.11. The second kappa shape index (κ2) is 9.01. The van der Waals surface area contributed by atoms with Gasteiger partial charge in [-0.15, -0.1) is 0 Å². The van der Waals surface area contributed by atoms with Gasteiger partial charge in [0.05, 0.1) is 29.1 Å². The van der Waals surface area contributed by atoms with Crippen LogP contribution < -0.4 is 5.32 Å². The summed E-state index contributed by atoms with van der Waals surface area (Å²) in [6.07, 6.45) is -5.17. The van der Waals surface area contributed by atoms with Crippen molar-refractivity contribution in [2.75, 3.05) is 5.32 Å². The monoisotopic (exact) mass is 456 g/mol. The van der Waals surface area contributed by atoms with Crippen molar-refractivity contribution in [1.29, 1.82) is 0 Å². The Balaban J connectivity index is 1.75. The Hall–Kier alpha value is -3.37. The fourth-order valence-corrected chi connectivity index (χ4v) is 3.11.